The molecule has 5 amide bonds. The van der Waals surface area contributed by atoms with Gasteiger partial charge in [-0.2, -0.15) is 0 Å². The van der Waals surface area contributed by atoms with E-state index in [1.807, 2.05) is 37.3 Å². The molecule has 0 saturated heterocycles. The fourth-order valence-corrected chi connectivity index (χ4v) is 5.87. The highest BCUT2D eigenvalue weighted by Crippen LogP contribution is 2.15. The van der Waals surface area contributed by atoms with Gasteiger partial charge in [0, 0.05) is 7.05 Å². The van der Waals surface area contributed by atoms with Crippen molar-refractivity contribution < 1.29 is 39.0 Å². The van der Waals surface area contributed by atoms with Gasteiger partial charge in [0.1, 0.15) is 36.0 Å². The quantitative estimate of drug-likeness (QED) is 0.0759. The van der Waals surface area contributed by atoms with Crippen LogP contribution in [-0.2, 0) is 41.6 Å². The maximum atomic E-state index is 14.0. The fourth-order valence-electron chi connectivity index (χ4n) is 5.87. The molecular formula is C40H61N7O8. The van der Waals surface area contributed by atoms with Crippen molar-refractivity contribution >= 4 is 35.5 Å². The van der Waals surface area contributed by atoms with Crippen LogP contribution in [0, 0.1) is 11.8 Å². The van der Waals surface area contributed by atoms with Crippen LogP contribution in [0.4, 0.5) is 0 Å². The van der Waals surface area contributed by atoms with Gasteiger partial charge in [-0.05, 0) is 87.1 Å². The van der Waals surface area contributed by atoms with Gasteiger partial charge in [-0.1, -0.05) is 76.6 Å². The van der Waals surface area contributed by atoms with Crippen molar-refractivity contribution in [1.29, 1.82) is 0 Å². The first-order valence-corrected chi connectivity index (χ1v) is 19.0. The molecule has 7 atom stereocenters. The summed E-state index contributed by atoms with van der Waals surface area (Å²) in [6, 6.07) is 9.13. The first-order chi connectivity index (χ1) is 26.0. The lowest BCUT2D eigenvalue weighted by atomic mass is 9.97. The number of phenolic OH excluding ortho intramolecular Hbond substituents is 1. The zero-order valence-corrected chi connectivity index (χ0v) is 32.9. The Hall–Kier alpha value is -5.02. The van der Waals surface area contributed by atoms with Crippen molar-refractivity contribution in [2.24, 2.45) is 23.3 Å². The summed E-state index contributed by atoms with van der Waals surface area (Å²) in [6.07, 6.45) is 2.41. The Kier molecular flexibility index (Phi) is 19.3. The number of carbonyl (C=O) groups excluding carboxylic acids is 5. The second kappa shape index (κ2) is 23.0. The number of amides is 5. The predicted molar refractivity (Wildman–Crippen MR) is 209 cm³/mol. The minimum Gasteiger partial charge on any atom is -0.508 e. The van der Waals surface area contributed by atoms with E-state index in [0.717, 1.165) is 11.1 Å². The van der Waals surface area contributed by atoms with Crippen LogP contribution in [0.5, 0.6) is 5.75 Å². The molecule has 55 heavy (non-hydrogen) atoms. The monoisotopic (exact) mass is 767 g/mol. The second-order valence-electron chi connectivity index (χ2n) is 14.5. The van der Waals surface area contributed by atoms with Gasteiger partial charge in [0.2, 0.25) is 29.5 Å². The molecule has 15 heteroatoms. The van der Waals surface area contributed by atoms with Gasteiger partial charge in [0.25, 0.3) is 0 Å². The van der Waals surface area contributed by atoms with Crippen LogP contribution in [0.3, 0.4) is 0 Å². The van der Waals surface area contributed by atoms with Crippen LogP contribution in [0.15, 0.2) is 54.6 Å². The number of likely N-dealkylation sites (N-methyl/N-ethyl adjacent to an activating group) is 1. The SMILES string of the molecule is CC[C@H](C)[C@H](NC(=O)[C@@H](CCCCN)NC(=O)[C@@H](NC(=O)[C@H](CCc1ccc(O)cc1)NC(=O)[C@H](C)N(C)C(=O)[C@@H](N)Cc1ccccc1)C(C)C)C(=O)O. The van der Waals surface area contributed by atoms with Gasteiger partial charge in [0.05, 0.1) is 6.04 Å². The standard InChI is InChI=1S/C40H61N7O8/c1-7-25(4)34(40(54)55)46-36(50)31(15-11-12-22-41)44-38(52)33(24(2)3)45-37(51)32(21-18-27-16-19-29(48)20-17-27)43-35(49)26(5)47(6)39(53)30(42)23-28-13-9-8-10-14-28/h8-10,13-14,16-17,19-20,24-26,30-34,48H,7,11-12,15,18,21-23,41-42H2,1-6H3,(H,43,49)(H,44,52)(H,45,51)(H,46,50)(H,54,55)/t25-,26-,30-,31+,32-,33-,34-/m0/s1. The van der Waals surface area contributed by atoms with E-state index < -0.39 is 77.7 Å². The lowest BCUT2D eigenvalue weighted by Crippen LogP contribution is -2.60. The number of phenols is 1. The summed E-state index contributed by atoms with van der Waals surface area (Å²) in [5.41, 5.74) is 13.5. The first-order valence-electron chi connectivity index (χ1n) is 19.0. The third kappa shape index (κ3) is 15.0. The number of rotatable bonds is 23. The van der Waals surface area contributed by atoms with Gasteiger partial charge in [-0.15, -0.1) is 0 Å². The molecule has 15 nitrogen and oxygen atoms in total. The Bertz CT molecular complexity index is 1560. The second-order valence-corrected chi connectivity index (χ2v) is 14.5. The Morgan fingerprint density at radius 3 is 1.84 bits per heavy atom. The van der Waals surface area contributed by atoms with Crippen LogP contribution in [0.25, 0.3) is 0 Å². The third-order valence-corrected chi connectivity index (χ3v) is 9.82. The van der Waals surface area contributed by atoms with E-state index >= 15 is 0 Å². The number of hydrogen-bond acceptors (Lipinski definition) is 9. The maximum absolute atomic E-state index is 14.0. The predicted octanol–water partition coefficient (Wildman–Crippen LogP) is 1.60. The highest BCUT2D eigenvalue weighted by atomic mass is 16.4. The van der Waals surface area contributed by atoms with Crippen LogP contribution < -0.4 is 32.7 Å². The van der Waals surface area contributed by atoms with Crippen molar-refractivity contribution in [3.05, 3.63) is 65.7 Å². The summed E-state index contributed by atoms with van der Waals surface area (Å²) in [4.78, 5) is 81.1. The van der Waals surface area contributed by atoms with Gasteiger partial charge in [-0.3, -0.25) is 24.0 Å². The zero-order valence-electron chi connectivity index (χ0n) is 32.9. The Labute approximate surface area is 324 Å². The normalized spacial score (nSPS) is 15.0. The Morgan fingerprint density at radius 1 is 0.727 bits per heavy atom. The molecule has 2 aromatic rings. The smallest absolute Gasteiger partial charge is 0.326 e. The number of carbonyl (C=O) groups is 6. The van der Waals surface area contributed by atoms with Crippen molar-refractivity contribution in [2.75, 3.05) is 13.6 Å². The lowest BCUT2D eigenvalue weighted by molar-refractivity contribution is -0.144. The van der Waals surface area contributed by atoms with E-state index in [9.17, 15) is 39.0 Å². The minimum absolute atomic E-state index is 0.0671. The summed E-state index contributed by atoms with van der Waals surface area (Å²) in [7, 11) is 1.46. The summed E-state index contributed by atoms with van der Waals surface area (Å²) in [5.74, 6) is -5.05. The van der Waals surface area contributed by atoms with Crippen LogP contribution in [0.1, 0.15) is 77.8 Å². The molecule has 2 aromatic carbocycles. The number of carboxylic acid groups (broad SMARTS) is 1. The molecule has 0 spiro atoms. The maximum Gasteiger partial charge on any atom is 0.326 e. The number of hydrogen-bond donors (Lipinski definition) is 8. The molecule has 0 aliphatic heterocycles. The number of carboxylic acids is 1. The molecular weight excluding hydrogens is 706 g/mol. The summed E-state index contributed by atoms with van der Waals surface area (Å²) >= 11 is 0. The molecule has 0 unspecified atom stereocenters. The minimum atomic E-state index is -1.19. The number of benzene rings is 2. The fraction of sp³-hybridized carbons (Fsp3) is 0.550. The summed E-state index contributed by atoms with van der Waals surface area (Å²) < 4.78 is 0. The largest absolute Gasteiger partial charge is 0.508 e. The number of aliphatic carboxylic acids is 1. The van der Waals surface area contributed by atoms with Crippen molar-refractivity contribution in [3.8, 4) is 5.75 Å². The number of unbranched alkanes of at least 4 members (excludes halogenated alkanes) is 1. The van der Waals surface area contributed by atoms with Crippen LogP contribution >= 0.6 is 0 Å². The molecule has 0 aliphatic carbocycles. The molecule has 0 saturated carbocycles. The Morgan fingerprint density at radius 2 is 1.29 bits per heavy atom. The Balaban J connectivity index is 2.28. The van der Waals surface area contributed by atoms with E-state index in [4.69, 9.17) is 11.5 Å². The van der Waals surface area contributed by atoms with Crippen molar-refractivity contribution in [1.82, 2.24) is 26.2 Å². The van der Waals surface area contributed by atoms with Crippen LogP contribution in [-0.4, -0.2) is 100 Å². The molecule has 304 valence electrons. The molecule has 0 aromatic heterocycles. The van der Waals surface area contributed by atoms with Gasteiger partial charge < -0.3 is 47.8 Å². The number of nitrogens with one attached hydrogen (secondary N) is 4. The molecule has 2 rings (SSSR count). The van der Waals surface area contributed by atoms with E-state index in [1.54, 1.807) is 32.9 Å². The topological polar surface area (TPSA) is 246 Å². The number of aryl methyl sites for hydroxylation is 1. The van der Waals surface area contributed by atoms with Gasteiger partial charge in [0.15, 0.2) is 0 Å². The molecule has 0 aliphatic rings. The van der Waals surface area contributed by atoms with E-state index in [2.05, 4.69) is 21.3 Å². The van der Waals surface area contributed by atoms with E-state index in [-0.39, 0.29) is 30.9 Å². The van der Waals surface area contributed by atoms with Crippen LogP contribution in [0.2, 0.25) is 0 Å². The average Bonchev–Trinajstić information content (AvgIpc) is 3.16. The lowest BCUT2D eigenvalue weighted by Gasteiger charge is -2.30. The molecule has 0 heterocycles. The van der Waals surface area contributed by atoms with Crippen molar-refractivity contribution in [3.63, 3.8) is 0 Å². The van der Waals surface area contributed by atoms with E-state index in [1.165, 1.54) is 31.0 Å². The number of nitrogens with two attached hydrogens (primary N) is 2. The zero-order chi connectivity index (χ0) is 41.2. The molecule has 10 N–H and O–H groups in total. The van der Waals surface area contributed by atoms with Gasteiger partial charge in [-0.25, -0.2) is 4.79 Å². The highest BCUT2D eigenvalue weighted by Gasteiger charge is 2.35. The van der Waals surface area contributed by atoms with E-state index in [0.29, 0.717) is 32.2 Å². The summed E-state index contributed by atoms with van der Waals surface area (Å²) in [5, 5.41) is 30.2. The summed E-state index contributed by atoms with van der Waals surface area (Å²) in [6.45, 7) is 8.82. The number of aromatic hydroxyl groups is 1. The molecule has 0 bridgehead atoms. The highest BCUT2D eigenvalue weighted by molar-refractivity contribution is 5.96. The third-order valence-electron chi connectivity index (χ3n) is 9.82. The number of nitrogens with zero attached hydrogens (tertiary/aromatic N) is 1. The molecule has 0 radical (unpaired) electrons. The first kappa shape index (κ1) is 46.1. The van der Waals surface area contributed by atoms with Crippen molar-refractivity contribution in [2.45, 2.75) is 116 Å². The van der Waals surface area contributed by atoms with Gasteiger partial charge >= 0.3 is 5.97 Å². The average molecular weight is 768 g/mol. The molecule has 0 fully saturated rings.